The second kappa shape index (κ2) is 5.78. The van der Waals surface area contributed by atoms with Crippen molar-refractivity contribution in [3.05, 3.63) is 0 Å². The molecule has 2 heterocycles. The van der Waals surface area contributed by atoms with E-state index < -0.39 is 0 Å². The van der Waals surface area contributed by atoms with Crippen molar-refractivity contribution in [3.63, 3.8) is 0 Å². The quantitative estimate of drug-likeness (QED) is 0.792. The van der Waals surface area contributed by atoms with Crippen molar-refractivity contribution >= 4 is 5.78 Å². The third-order valence-corrected chi connectivity index (χ3v) is 4.01. The molecule has 2 saturated heterocycles. The molecule has 0 saturated carbocycles. The average Bonchev–Trinajstić information content (AvgIpc) is 2.83. The lowest BCUT2D eigenvalue weighted by Gasteiger charge is -2.29. The Bertz CT molecular complexity index is 236. The number of hydrogen-bond donors (Lipinski definition) is 1. The van der Waals surface area contributed by atoms with Crippen LogP contribution in [-0.4, -0.2) is 31.6 Å². The number of rotatable bonds is 4. The minimum atomic E-state index is 0.184. The number of nitrogens with one attached hydrogen (secondary N) is 1. The van der Waals surface area contributed by atoms with Crippen LogP contribution in [0.4, 0.5) is 0 Å². The van der Waals surface area contributed by atoms with Gasteiger partial charge >= 0.3 is 0 Å². The van der Waals surface area contributed by atoms with E-state index in [0.717, 1.165) is 25.5 Å². The Kier molecular flexibility index (Phi) is 4.36. The summed E-state index contributed by atoms with van der Waals surface area (Å²) in [4.78, 5) is 12.0. The lowest BCUT2D eigenvalue weighted by atomic mass is 9.86. The Balaban J connectivity index is 1.77. The predicted octanol–water partition coefficient (Wildman–Crippen LogP) is 1.76. The first-order valence-corrected chi connectivity index (χ1v) is 6.63. The Morgan fingerprint density at radius 3 is 3.00 bits per heavy atom. The van der Waals surface area contributed by atoms with E-state index in [9.17, 15) is 4.79 Å². The van der Waals surface area contributed by atoms with Crippen LogP contribution in [0.3, 0.4) is 0 Å². The van der Waals surface area contributed by atoms with Gasteiger partial charge in [-0.1, -0.05) is 13.3 Å². The molecular weight excluding hydrogens is 202 g/mol. The van der Waals surface area contributed by atoms with Gasteiger partial charge in [0.2, 0.25) is 0 Å². The van der Waals surface area contributed by atoms with E-state index >= 15 is 0 Å². The van der Waals surface area contributed by atoms with E-state index in [0.29, 0.717) is 24.9 Å². The van der Waals surface area contributed by atoms with E-state index in [1.807, 2.05) is 0 Å². The first-order valence-electron chi connectivity index (χ1n) is 6.63. The van der Waals surface area contributed by atoms with Crippen LogP contribution in [0.25, 0.3) is 0 Å². The number of ether oxygens (including phenoxy) is 1. The number of ketones is 1. The molecule has 1 N–H and O–H groups in total. The second-order valence-electron chi connectivity index (χ2n) is 5.18. The number of carbonyl (C=O) groups excluding carboxylic acids is 1. The zero-order chi connectivity index (χ0) is 11.4. The van der Waals surface area contributed by atoms with Crippen molar-refractivity contribution in [1.29, 1.82) is 0 Å². The van der Waals surface area contributed by atoms with Crippen LogP contribution in [0.2, 0.25) is 0 Å². The fourth-order valence-corrected chi connectivity index (χ4v) is 2.82. The van der Waals surface area contributed by atoms with Crippen LogP contribution in [0.15, 0.2) is 0 Å². The summed E-state index contributed by atoms with van der Waals surface area (Å²) >= 11 is 0. The smallest absolute Gasteiger partial charge is 0.139 e. The molecule has 2 aliphatic heterocycles. The lowest BCUT2D eigenvalue weighted by Crippen LogP contribution is -2.40. The van der Waals surface area contributed by atoms with Gasteiger partial charge in [-0.15, -0.1) is 0 Å². The van der Waals surface area contributed by atoms with Crippen molar-refractivity contribution in [2.45, 2.75) is 45.1 Å². The molecule has 3 heteroatoms. The molecule has 3 nitrogen and oxygen atoms in total. The molecular formula is C13H23NO2. The minimum absolute atomic E-state index is 0.184. The number of carbonyl (C=O) groups is 1. The topological polar surface area (TPSA) is 38.3 Å². The largest absolute Gasteiger partial charge is 0.381 e. The molecule has 92 valence electrons. The summed E-state index contributed by atoms with van der Waals surface area (Å²) in [6.45, 7) is 4.76. The van der Waals surface area contributed by atoms with Crippen LogP contribution in [0.5, 0.6) is 0 Å². The van der Waals surface area contributed by atoms with Crippen molar-refractivity contribution in [2.24, 2.45) is 11.8 Å². The number of Topliss-reactive ketones (excluding diaryl/α,β-unsaturated/α-hetero) is 1. The summed E-state index contributed by atoms with van der Waals surface area (Å²) in [5.74, 6) is 1.41. The summed E-state index contributed by atoms with van der Waals surface area (Å²) in [5, 5.41) is 3.48. The van der Waals surface area contributed by atoms with Crippen LogP contribution in [0.1, 0.15) is 39.0 Å². The summed E-state index contributed by atoms with van der Waals surface area (Å²) in [7, 11) is 0. The number of piperidine rings is 1. The summed E-state index contributed by atoms with van der Waals surface area (Å²) in [6, 6.07) is 0.423. The first kappa shape index (κ1) is 12.1. The molecule has 2 aliphatic rings. The van der Waals surface area contributed by atoms with E-state index in [2.05, 4.69) is 12.2 Å². The molecule has 2 fully saturated rings. The molecule has 16 heavy (non-hydrogen) atoms. The normalized spacial score (nSPS) is 35.2. The molecule has 3 unspecified atom stereocenters. The van der Waals surface area contributed by atoms with Gasteiger partial charge in [0, 0.05) is 25.0 Å². The van der Waals surface area contributed by atoms with Gasteiger partial charge in [0.05, 0.1) is 6.61 Å². The van der Waals surface area contributed by atoms with E-state index in [4.69, 9.17) is 4.74 Å². The van der Waals surface area contributed by atoms with Crippen LogP contribution < -0.4 is 5.32 Å². The molecule has 2 rings (SSSR count). The molecule has 0 radical (unpaired) electrons. The van der Waals surface area contributed by atoms with Gasteiger partial charge < -0.3 is 10.1 Å². The van der Waals surface area contributed by atoms with Crippen LogP contribution in [0, 0.1) is 11.8 Å². The maximum absolute atomic E-state index is 12.0. The van der Waals surface area contributed by atoms with Gasteiger partial charge in [0.25, 0.3) is 0 Å². The first-order chi connectivity index (χ1) is 7.79. The predicted molar refractivity (Wildman–Crippen MR) is 63.4 cm³/mol. The fourth-order valence-electron chi connectivity index (χ4n) is 2.82. The Morgan fingerprint density at radius 2 is 2.31 bits per heavy atom. The van der Waals surface area contributed by atoms with Crippen molar-refractivity contribution in [2.75, 3.05) is 19.8 Å². The summed E-state index contributed by atoms with van der Waals surface area (Å²) in [5.41, 5.74) is 0. The molecule has 0 amide bonds. The van der Waals surface area contributed by atoms with Gasteiger partial charge in [-0.2, -0.15) is 0 Å². The highest BCUT2D eigenvalue weighted by Crippen LogP contribution is 2.23. The fraction of sp³-hybridized carbons (Fsp3) is 0.923. The highest BCUT2D eigenvalue weighted by atomic mass is 16.5. The molecule has 0 aromatic carbocycles. The Labute approximate surface area is 97.9 Å². The van der Waals surface area contributed by atoms with Gasteiger partial charge in [-0.3, -0.25) is 4.79 Å². The van der Waals surface area contributed by atoms with Gasteiger partial charge in [-0.05, 0) is 31.7 Å². The lowest BCUT2D eigenvalue weighted by molar-refractivity contribution is -0.123. The Morgan fingerprint density at radius 1 is 1.44 bits per heavy atom. The molecule has 3 atom stereocenters. The molecule has 0 aromatic rings. The summed E-state index contributed by atoms with van der Waals surface area (Å²) < 4.78 is 5.27. The zero-order valence-corrected chi connectivity index (χ0v) is 10.2. The minimum Gasteiger partial charge on any atom is -0.381 e. The van der Waals surface area contributed by atoms with E-state index in [1.165, 1.54) is 19.3 Å². The highest BCUT2D eigenvalue weighted by molar-refractivity contribution is 5.81. The van der Waals surface area contributed by atoms with Crippen LogP contribution in [-0.2, 0) is 9.53 Å². The summed E-state index contributed by atoms with van der Waals surface area (Å²) in [6.07, 6.45) is 5.34. The van der Waals surface area contributed by atoms with E-state index in [-0.39, 0.29) is 5.92 Å². The maximum atomic E-state index is 12.0. The zero-order valence-electron chi connectivity index (χ0n) is 10.2. The van der Waals surface area contributed by atoms with Gasteiger partial charge in [-0.25, -0.2) is 0 Å². The molecule has 0 aliphatic carbocycles. The third kappa shape index (κ3) is 3.05. The molecule has 0 spiro atoms. The Hall–Kier alpha value is -0.410. The van der Waals surface area contributed by atoms with Gasteiger partial charge in [0.1, 0.15) is 5.78 Å². The number of hydrogen-bond acceptors (Lipinski definition) is 3. The molecule has 0 aromatic heterocycles. The van der Waals surface area contributed by atoms with Crippen molar-refractivity contribution < 1.29 is 9.53 Å². The van der Waals surface area contributed by atoms with Crippen molar-refractivity contribution in [3.8, 4) is 0 Å². The van der Waals surface area contributed by atoms with Gasteiger partial charge in [0.15, 0.2) is 0 Å². The SMILES string of the molecule is CCC1CCNC(CC(=O)C2CCOC2)C1. The third-order valence-electron chi connectivity index (χ3n) is 4.01. The second-order valence-corrected chi connectivity index (χ2v) is 5.18. The standard InChI is InChI=1S/C13H23NO2/c1-2-10-3-5-14-12(7-10)8-13(15)11-4-6-16-9-11/h10-12,14H,2-9H2,1H3. The van der Waals surface area contributed by atoms with Crippen LogP contribution >= 0.6 is 0 Å². The highest BCUT2D eigenvalue weighted by Gasteiger charge is 2.28. The monoisotopic (exact) mass is 225 g/mol. The maximum Gasteiger partial charge on any atom is 0.139 e. The molecule has 0 bridgehead atoms. The average molecular weight is 225 g/mol. The van der Waals surface area contributed by atoms with Crippen molar-refractivity contribution in [1.82, 2.24) is 5.32 Å². The van der Waals surface area contributed by atoms with E-state index in [1.54, 1.807) is 0 Å².